The number of carbonyl (C=O) groups excluding carboxylic acids is 1. The molecule has 80 valence electrons. The summed E-state index contributed by atoms with van der Waals surface area (Å²) in [4.78, 5) is 11.3. The number of ketones is 1. The average molecular weight is 202 g/mol. The molecule has 0 spiro atoms. The molecule has 0 N–H and O–H groups in total. The second kappa shape index (κ2) is 4.18. The number of hydrogen-bond donors (Lipinski definition) is 0. The Morgan fingerprint density at radius 2 is 1.93 bits per heavy atom. The number of rotatable bonds is 2. The van der Waals surface area contributed by atoms with Crippen LogP contribution in [0.25, 0.3) is 0 Å². The third-order valence-electron chi connectivity index (χ3n) is 3.46. The third kappa shape index (κ3) is 2.11. The van der Waals surface area contributed by atoms with E-state index < -0.39 is 0 Å². The van der Waals surface area contributed by atoms with Crippen LogP contribution in [-0.2, 0) is 0 Å². The molecule has 0 heterocycles. The molecule has 0 unspecified atom stereocenters. The highest BCUT2D eigenvalue weighted by Gasteiger charge is 2.17. The van der Waals surface area contributed by atoms with Gasteiger partial charge in [-0.15, -0.1) is 0 Å². The van der Waals surface area contributed by atoms with Crippen molar-refractivity contribution in [2.75, 3.05) is 0 Å². The van der Waals surface area contributed by atoms with E-state index in [4.69, 9.17) is 0 Å². The zero-order chi connectivity index (χ0) is 10.8. The van der Waals surface area contributed by atoms with Gasteiger partial charge in [-0.3, -0.25) is 4.79 Å². The summed E-state index contributed by atoms with van der Waals surface area (Å²) in [6, 6.07) is 6.33. The number of Topliss-reactive ketones (excluding diaryl/α,β-unsaturated/α-hetero) is 1. The summed E-state index contributed by atoms with van der Waals surface area (Å²) in [6.45, 7) is 3.67. The molecular weight excluding hydrogens is 184 g/mol. The smallest absolute Gasteiger partial charge is 0.160 e. The molecule has 0 bridgehead atoms. The van der Waals surface area contributed by atoms with Gasteiger partial charge in [0.25, 0.3) is 0 Å². The van der Waals surface area contributed by atoms with Crippen LogP contribution in [-0.4, -0.2) is 5.78 Å². The summed E-state index contributed by atoms with van der Waals surface area (Å²) in [5.41, 5.74) is 3.43. The first-order chi connectivity index (χ1) is 7.18. The molecule has 0 radical (unpaired) electrons. The fourth-order valence-corrected chi connectivity index (χ4v) is 2.59. The van der Waals surface area contributed by atoms with Gasteiger partial charge in [0.1, 0.15) is 0 Å². The number of carbonyl (C=O) groups is 1. The Hall–Kier alpha value is -1.11. The molecule has 1 aromatic rings. The molecule has 1 saturated carbocycles. The zero-order valence-corrected chi connectivity index (χ0v) is 9.55. The quantitative estimate of drug-likeness (QED) is 0.666. The summed E-state index contributed by atoms with van der Waals surface area (Å²) in [5.74, 6) is 0.912. The fourth-order valence-electron chi connectivity index (χ4n) is 2.59. The van der Waals surface area contributed by atoms with Crippen LogP contribution in [0.1, 0.15) is 60.0 Å². The van der Waals surface area contributed by atoms with Crippen molar-refractivity contribution >= 4 is 5.78 Å². The van der Waals surface area contributed by atoms with Crippen molar-refractivity contribution in [2.24, 2.45) is 0 Å². The van der Waals surface area contributed by atoms with Gasteiger partial charge in [-0.25, -0.2) is 0 Å². The standard InChI is InChI=1S/C14H18O/c1-10-9-13(12-5-3-4-6-12)7-8-14(10)11(2)15/h7-9,12H,3-6H2,1-2H3. The highest BCUT2D eigenvalue weighted by atomic mass is 16.1. The van der Waals surface area contributed by atoms with Crippen molar-refractivity contribution in [2.45, 2.75) is 45.4 Å². The van der Waals surface area contributed by atoms with Crippen LogP contribution in [0.2, 0.25) is 0 Å². The molecule has 1 nitrogen and oxygen atoms in total. The van der Waals surface area contributed by atoms with Gasteiger partial charge in [0.15, 0.2) is 5.78 Å². The molecule has 0 amide bonds. The van der Waals surface area contributed by atoms with Gasteiger partial charge in [-0.05, 0) is 43.7 Å². The Labute approximate surface area is 91.5 Å². The maximum atomic E-state index is 11.3. The van der Waals surface area contributed by atoms with E-state index in [0.717, 1.165) is 17.0 Å². The Bertz CT molecular complexity index is 373. The fraction of sp³-hybridized carbons (Fsp3) is 0.500. The molecule has 1 heteroatoms. The van der Waals surface area contributed by atoms with Gasteiger partial charge in [0.05, 0.1) is 0 Å². The zero-order valence-electron chi connectivity index (χ0n) is 9.55. The topological polar surface area (TPSA) is 17.1 Å². The molecule has 0 atom stereocenters. The maximum Gasteiger partial charge on any atom is 0.160 e. The Balaban J connectivity index is 2.28. The van der Waals surface area contributed by atoms with Crippen LogP contribution >= 0.6 is 0 Å². The SMILES string of the molecule is CC(=O)c1ccc(C2CCCC2)cc1C. The Morgan fingerprint density at radius 1 is 1.27 bits per heavy atom. The van der Waals surface area contributed by atoms with Gasteiger partial charge in [0.2, 0.25) is 0 Å². The van der Waals surface area contributed by atoms with Gasteiger partial charge in [-0.1, -0.05) is 31.0 Å². The first kappa shape index (κ1) is 10.4. The van der Waals surface area contributed by atoms with E-state index in [1.807, 2.05) is 13.0 Å². The molecule has 1 fully saturated rings. The molecular formula is C14H18O. The lowest BCUT2D eigenvalue weighted by Gasteiger charge is -2.11. The predicted molar refractivity (Wildman–Crippen MR) is 62.4 cm³/mol. The molecule has 1 aliphatic carbocycles. The Kier molecular flexibility index (Phi) is 2.90. The maximum absolute atomic E-state index is 11.3. The highest BCUT2D eigenvalue weighted by molar-refractivity contribution is 5.95. The minimum absolute atomic E-state index is 0.172. The number of benzene rings is 1. The number of aryl methyl sites for hydroxylation is 1. The number of hydrogen-bond acceptors (Lipinski definition) is 1. The highest BCUT2D eigenvalue weighted by Crippen LogP contribution is 2.34. The average Bonchev–Trinajstić information content (AvgIpc) is 2.69. The minimum Gasteiger partial charge on any atom is -0.295 e. The van der Waals surface area contributed by atoms with Gasteiger partial charge < -0.3 is 0 Å². The lowest BCUT2D eigenvalue weighted by Crippen LogP contribution is -1.99. The predicted octanol–water partition coefficient (Wildman–Crippen LogP) is 3.86. The van der Waals surface area contributed by atoms with E-state index in [9.17, 15) is 4.79 Å². The van der Waals surface area contributed by atoms with Crippen molar-refractivity contribution in [3.8, 4) is 0 Å². The van der Waals surface area contributed by atoms with Crippen LogP contribution < -0.4 is 0 Å². The molecule has 2 rings (SSSR count). The first-order valence-corrected chi connectivity index (χ1v) is 5.80. The van der Waals surface area contributed by atoms with Crippen molar-refractivity contribution < 1.29 is 4.79 Å². The lowest BCUT2D eigenvalue weighted by molar-refractivity contribution is 0.101. The molecule has 0 saturated heterocycles. The summed E-state index contributed by atoms with van der Waals surface area (Å²) in [6.07, 6.45) is 5.36. The van der Waals surface area contributed by atoms with Gasteiger partial charge in [0, 0.05) is 5.56 Å². The van der Waals surface area contributed by atoms with Crippen LogP contribution in [0.3, 0.4) is 0 Å². The van der Waals surface area contributed by atoms with Crippen molar-refractivity contribution in [3.05, 3.63) is 34.9 Å². The normalized spacial score (nSPS) is 16.9. The second-order valence-electron chi connectivity index (χ2n) is 4.61. The van der Waals surface area contributed by atoms with Crippen LogP contribution in [0.5, 0.6) is 0 Å². The van der Waals surface area contributed by atoms with Crippen LogP contribution in [0.15, 0.2) is 18.2 Å². The van der Waals surface area contributed by atoms with E-state index in [2.05, 4.69) is 12.1 Å². The van der Waals surface area contributed by atoms with Gasteiger partial charge >= 0.3 is 0 Å². The lowest BCUT2D eigenvalue weighted by atomic mass is 9.93. The van der Waals surface area contributed by atoms with E-state index in [1.54, 1.807) is 6.92 Å². The van der Waals surface area contributed by atoms with Crippen LogP contribution in [0.4, 0.5) is 0 Å². The van der Waals surface area contributed by atoms with E-state index in [-0.39, 0.29) is 5.78 Å². The summed E-state index contributed by atoms with van der Waals surface area (Å²) >= 11 is 0. The van der Waals surface area contributed by atoms with E-state index >= 15 is 0 Å². The van der Waals surface area contributed by atoms with E-state index in [0.29, 0.717) is 0 Å². The third-order valence-corrected chi connectivity index (χ3v) is 3.46. The van der Waals surface area contributed by atoms with Crippen molar-refractivity contribution in [1.29, 1.82) is 0 Å². The second-order valence-corrected chi connectivity index (χ2v) is 4.61. The summed E-state index contributed by atoms with van der Waals surface area (Å²) in [7, 11) is 0. The minimum atomic E-state index is 0.172. The molecule has 1 aromatic carbocycles. The van der Waals surface area contributed by atoms with Crippen molar-refractivity contribution in [3.63, 3.8) is 0 Å². The first-order valence-electron chi connectivity index (χ1n) is 5.80. The Morgan fingerprint density at radius 3 is 2.47 bits per heavy atom. The summed E-state index contributed by atoms with van der Waals surface area (Å²) in [5, 5.41) is 0. The summed E-state index contributed by atoms with van der Waals surface area (Å²) < 4.78 is 0. The molecule has 0 aliphatic heterocycles. The van der Waals surface area contributed by atoms with Gasteiger partial charge in [-0.2, -0.15) is 0 Å². The monoisotopic (exact) mass is 202 g/mol. The largest absolute Gasteiger partial charge is 0.295 e. The van der Waals surface area contributed by atoms with E-state index in [1.165, 1.54) is 31.2 Å². The molecule has 1 aliphatic rings. The van der Waals surface area contributed by atoms with Crippen LogP contribution in [0, 0.1) is 6.92 Å². The molecule has 0 aromatic heterocycles. The van der Waals surface area contributed by atoms with Crippen molar-refractivity contribution in [1.82, 2.24) is 0 Å². The molecule has 15 heavy (non-hydrogen) atoms.